The van der Waals surface area contributed by atoms with Crippen molar-refractivity contribution in [2.75, 3.05) is 27.4 Å². The van der Waals surface area contributed by atoms with E-state index in [-0.39, 0.29) is 5.91 Å². The van der Waals surface area contributed by atoms with Crippen molar-refractivity contribution >= 4 is 16.8 Å². The molecule has 0 saturated heterocycles. The maximum atomic E-state index is 13.7. The summed E-state index contributed by atoms with van der Waals surface area (Å²) in [6, 6.07) is 25.6. The smallest absolute Gasteiger partial charge is 0.254 e. The topological polar surface area (TPSA) is 69.5 Å². The van der Waals surface area contributed by atoms with Gasteiger partial charge in [0.2, 0.25) is 0 Å². The van der Waals surface area contributed by atoms with Crippen LogP contribution in [0.2, 0.25) is 0 Å². The van der Waals surface area contributed by atoms with Crippen LogP contribution in [0.3, 0.4) is 0 Å². The minimum atomic E-state index is -0.0703. The molecule has 0 unspecified atom stereocenters. The van der Waals surface area contributed by atoms with Gasteiger partial charge in [-0.3, -0.25) is 4.79 Å². The Labute approximate surface area is 222 Å². The number of aryl methyl sites for hydroxylation is 1. The van der Waals surface area contributed by atoms with Gasteiger partial charge in [0, 0.05) is 55.2 Å². The predicted molar refractivity (Wildman–Crippen MR) is 149 cm³/mol. The second kappa shape index (κ2) is 11.3. The lowest BCUT2D eigenvalue weighted by molar-refractivity contribution is 0.0680. The fourth-order valence-electron chi connectivity index (χ4n) is 4.50. The van der Waals surface area contributed by atoms with Crippen molar-refractivity contribution < 1.29 is 14.3 Å². The van der Waals surface area contributed by atoms with Crippen molar-refractivity contribution in [1.29, 1.82) is 0 Å². The first-order valence-corrected chi connectivity index (χ1v) is 12.5. The molecular formula is C31H30N4O3. The quantitative estimate of drug-likeness (QED) is 0.257. The number of hydrogen-bond donors (Lipinski definition) is 0. The average molecular weight is 507 g/mol. The number of methoxy groups -OCH3 is 2. The predicted octanol–water partition coefficient (Wildman–Crippen LogP) is 5.69. The first kappa shape index (κ1) is 25.2. The lowest BCUT2D eigenvalue weighted by Crippen LogP contribution is -2.33. The van der Waals surface area contributed by atoms with Gasteiger partial charge >= 0.3 is 0 Å². The van der Waals surface area contributed by atoms with Gasteiger partial charge in [-0.05, 0) is 67.1 Å². The normalized spacial score (nSPS) is 11.0. The van der Waals surface area contributed by atoms with E-state index in [4.69, 9.17) is 14.5 Å². The van der Waals surface area contributed by atoms with Crippen LogP contribution in [0, 0.1) is 6.92 Å². The highest BCUT2D eigenvalue weighted by molar-refractivity contribution is 5.94. The molecule has 5 rings (SSSR count). The van der Waals surface area contributed by atoms with E-state index >= 15 is 0 Å². The lowest BCUT2D eigenvalue weighted by Gasteiger charge is -2.24. The molecule has 0 N–H and O–H groups in total. The van der Waals surface area contributed by atoms with Crippen molar-refractivity contribution in [1.82, 2.24) is 19.7 Å². The molecule has 38 heavy (non-hydrogen) atoms. The van der Waals surface area contributed by atoms with E-state index in [9.17, 15) is 4.79 Å². The Morgan fingerprint density at radius 3 is 2.53 bits per heavy atom. The zero-order valence-corrected chi connectivity index (χ0v) is 21.8. The summed E-state index contributed by atoms with van der Waals surface area (Å²) in [5.41, 5.74) is 6.30. The zero-order valence-electron chi connectivity index (χ0n) is 21.8. The number of hydrogen-bond acceptors (Lipinski definition) is 5. The van der Waals surface area contributed by atoms with Crippen LogP contribution in [-0.2, 0) is 11.3 Å². The van der Waals surface area contributed by atoms with Crippen molar-refractivity contribution in [3.8, 4) is 22.7 Å². The minimum absolute atomic E-state index is 0.0703. The number of benzene rings is 3. The van der Waals surface area contributed by atoms with Gasteiger partial charge in [-0.15, -0.1) is 0 Å². The first-order chi connectivity index (χ1) is 18.6. The Kier molecular flexibility index (Phi) is 7.47. The number of nitrogens with zero attached hydrogens (tertiary/aromatic N) is 4. The molecule has 3 aromatic carbocycles. The van der Waals surface area contributed by atoms with E-state index < -0.39 is 0 Å². The largest absolute Gasteiger partial charge is 0.497 e. The molecule has 5 aromatic rings. The fourth-order valence-corrected chi connectivity index (χ4v) is 4.50. The van der Waals surface area contributed by atoms with E-state index in [1.807, 2.05) is 65.7 Å². The molecule has 0 radical (unpaired) electrons. The monoisotopic (exact) mass is 506 g/mol. The zero-order chi connectivity index (χ0) is 26.5. The molecule has 0 fully saturated rings. The highest BCUT2D eigenvalue weighted by Crippen LogP contribution is 2.29. The number of carbonyl (C=O) groups excluding carboxylic acids is 1. The molecule has 7 heteroatoms. The summed E-state index contributed by atoms with van der Waals surface area (Å²) in [6.07, 6.45) is 3.60. The van der Waals surface area contributed by atoms with Crippen LogP contribution >= 0.6 is 0 Å². The van der Waals surface area contributed by atoms with E-state index in [2.05, 4.69) is 36.3 Å². The number of ether oxygens (including phenoxy) is 2. The Balaban J connectivity index is 1.53. The summed E-state index contributed by atoms with van der Waals surface area (Å²) < 4.78 is 12.5. The second-order valence-corrected chi connectivity index (χ2v) is 9.14. The number of carbonyl (C=O) groups is 1. The van der Waals surface area contributed by atoms with Gasteiger partial charge in [0.05, 0.1) is 30.6 Å². The summed E-state index contributed by atoms with van der Waals surface area (Å²) in [7, 11) is 3.29. The Bertz CT molecular complexity index is 1550. The van der Waals surface area contributed by atoms with E-state index in [1.54, 1.807) is 25.1 Å². The third-order valence-corrected chi connectivity index (χ3v) is 6.49. The molecule has 2 aromatic heterocycles. The maximum absolute atomic E-state index is 13.7. The Hall–Kier alpha value is -4.49. The number of pyridine rings is 1. The van der Waals surface area contributed by atoms with Gasteiger partial charge in [-0.25, -0.2) is 9.67 Å². The minimum Gasteiger partial charge on any atom is -0.497 e. The standard InChI is InChI=1S/C31H30N4O3/c1-22-6-4-7-25(18-22)30-26(19-24-10-13-28(38-3)20-29(24)33-30)21-34(16-17-37-2)31(36)23-8-11-27(12-9-23)35-15-5-14-32-35/h4-15,18-20H,16-17,21H2,1-3H3. The summed E-state index contributed by atoms with van der Waals surface area (Å²) in [5.74, 6) is 0.683. The average Bonchev–Trinajstić information content (AvgIpc) is 3.49. The van der Waals surface area contributed by atoms with Gasteiger partial charge in [0.1, 0.15) is 5.75 Å². The number of amides is 1. The molecule has 2 heterocycles. The summed E-state index contributed by atoms with van der Waals surface area (Å²) >= 11 is 0. The van der Waals surface area contributed by atoms with Crippen molar-refractivity contribution in [2.45, 2.75) is 13.5 Å². The molecule has 1 amide bonds. The van der Waals surface area contributed by atoms with Crippen molar-refractivity contribution in [3.63, 3.8) is 0 Å². The third kappa shape index (κ3) is 5.43. The molecule has 0 spiro atoms. The Morgan fingerprint density at radius 1 is 0.974 bits per heavy atom. The molecule has 0 saturated carbocycles. The van der Waals surface area contributed by atoms with Crippen LogP contribution in [0.4, 0.5) is 0 Å². The lowest BCUT2D eigenvalue weighted by atomic mass is 10.0. The van der Waals surface area contributed by atoms with Gasteiger partial charge in [-0.1, -0.05) is 23.8 Å². The van der Waals surface area contributed by atoms with E-state index in [0.29, 0.717) is 25.3 Å². The maximum Gasteiger partial charge on any atom is 0.254 e. The van der Waals surface area contributed by atoms with Gasteiger partial charge < -0.3 is 14.4 Å². The molecule has 0 aliphatic carbocycles. The Morgan fingerprint density at radius 2 is 1.82 bits per heavy atom. The highest BCUT2D eigenvalue weighted by Gasteiger charge is 2.20. The van der Waals surface area contributed by atoms with Crippen LogP contribution in [0.1, 0.15) is 21.5 Å². The molecule has 0 atom stereocenters. The molecule has 7 nitrogen and oxygen atoms in total. The fraction of sp³-hybridized carbons (Fsp3) is 0.194. The van der Waals surface area contributed by atoms with Crippen LogP contribution in [0.15, 0.2) is 91.3 Å². The van der Waals surface area contributed by atoms with Gasteiger partial charge in [0.15, 0.2) is 0 Å². The molecule has 0 aliphatic rings. The summed E-state index contributed by atoms with van der Waals surface area (Å²) in [6.45, 7) is 3.33. The molecular weight excluding hydrogens is 476 g/mol. The van der Waals surface area contributed by atoms with E-state index in [0.717, 1.165) is 44.7 Å². The summed E-state index contributed by atoms with van der Waals surface area (Å²) in [5, 5.41) is 5.25. The number of aromatic nitrogens is 3. The van der Waals surface area contributed by atoms with Crippen LogP contribution < -0.4 is 4.74 Å². The third-order valence-electron chi connectivity index (χ3n) is 6.49. The molecule has 192 valence electrons. The molecule has 0 aliphatic heterocycles. The second-order valence-electron chi connectivity index (χ2n) is 9.14. The van der Waals surface area contributed by atoms with Crippen LogP contribution in [0.5, 0.6) is 5.75 Å². The number of fused-ring (bicyclic) bond motifs is 1. The van der Waals surface area contributed by atoms with E-state index in [1.165, 1.54) is 0 Å². The van der Waals surface area contributed by atoms with Crippen molar-refractivity contribution in [2.24, 2.45) is 0 Å². The van der Waals surface area contributed by atoms with Crippen molar-refractivity contribution in [3.05, 3.63) is 108 Å². The summed E-state index contributed by atoms with van der Waals surface area (Å²) in [4.78, 5) is 20.6. The van der Waals surface area contributed by atoms with Gasteiger partial charge in [-0.2, -0.15) is 5.10 Å². The highest BCUT2D eigenvalue weighted by atomic mass is 16.5. The first-order valence-electron chi connectivity index (χ1n) is 12.5. The SMILES string of the molecule is COCCN(Cc1cc2ccc(OC)cc2nc1-c1cccc(C)c1)C(=O)c1ccc(-n2cccn2)cc1. The number of rotatable bonds is 9. The van der Waals surface area contributed by atoms with Crippen LogP contribution in [-0.4, -0.2) is 52.9 Å². The molecule has 0 bridgehead atoms. The van der Waals surface area contributed by atoms with Crippen LogP contribution in [0.25, 0.3) is 27.8 Å². The van der Waals surface area contributed by atoms with Gasteiger partial charge in [0.25, 0.3) is 5.91 Å².